The summed E-state index contributed by atoms with van der Waals surface area (Å²) < 4.78 is 26.1. The summed E-state index contributed by atoms with van der Waals surface area (Å²) in [6.45, 7) is 0. The fourth-order valence-electron chi connectivity index (χ4n) is 2.49. The third kappa shape index (κ3) is 2.17. The zero-order valence-electron chi connectivity index (χ0n) is 8.76. The lowest BCUT2D eigenvalue weighted by Gasteiger charge is -2.19. The first-order valence-electron chi connectivity index (χ1n) is 5.34. The van der Waals surface area contributed by atoms with Crippen molar-refractivity contribution in [2.24, 2.45) is 0 Å². The maximum absolute atomic E-state index is 13.1. The van der Waals surface area contributed by atoms with Crippen LogP contribution in [0.1, 0.15) is 32.2 Å². The largest absolute Gasteiger partial charge is 0.316 e. The first kappa shape index (κ1) is 10.6. The molecule has 84 valence electrons. The number of hydrogen-bond donors (Lipinski definition) is 1. The standard InChI is InChI=1S/C12H15F2N.H2/c1-15-12-4-2-3-11(12)8-5-9(13)7-10(14)6-8;/h5-7,11-12,15H,2-4H2,1H3;1H/t11-,12-;/m1./s1. The van der Waals surface area contributed by atoms with Crippen LogP contribution in [0, 0.1) is 11.6 Å². The lowest BCUT2D eigenvalue weighted by molar-refractivity contribution is 0.512. The van der Waals surface area contributed by atoms with Crippen molar-refractivity contribution < 1.29 is 10.2 Å². The molecule has 1 aliphatic carbocycles. The van der Waals surface area contributed by atoms with Crippen LogP contribution in [0.4, 0.5) is 8.78 Å². The van der Waals surface area contributed by atoms with E-state index in [1.165, 1.54) is 12.1 Å². The van der Waals surface area contributed by atoms with E-state index in [9.17, 15) is 8.78 Å². The van der Waals surface area contributed by atoms with Gasteiger partial charge < -0.3 is 5.32 Å². The summed E-state index contributed by atoms with van der Waals surface area (Å²) in [7, 11) is 1.90. The van der Waals surface area contributed by atoms with Gasteiger partial charge in [-0.05, 0) is 43.5 Å². The minimum Gasteiger partial charge on any atom is -0.316 e. The molecule has 0 saturated heterocycles. The summed E-state index contributed by atoms with van der Waals surface area (Å²) in [5.41, 5.74) is 0.782. The molecule has 3 heteroatoms. The molecule has 2 rings (SSSR count). The second kappa shape index (κ2) is 4.27. The van der Waals surface area contributed by atoms with E-state index >= 15 is 0 Å². The van der Waals surface area contributed by atoms with E-state index in [0.29, 0.717) is 6.04 Å². The van der Waals surface area contributed by atoms with Crippen molar-refractivity contribution >= 4 is 0 Å². The van der Waals surface area contributed by atoms with E-state index in [-0.39, 0.29) is 7.34 Å². The molecular formula is C12H17F2N. The fourth-order valence-corrected chi connectivity index (χ4v) is 2.49. The van der Waals surface area contributed by atoms with Gasteiger partial charge in [0.2, 0.25) is 0 Å². The molecule has 0 bridgehead atoms. The fraction of sp³-hybridized carbons (Fsp3) is 0.500. The van der Waals surface area contributed by atoms with Crippen LogP contribution in [0.25, 0.3) is 0 Å². The quantitative estimate of drug-likeness (QED) is 0.796. The highest BCUT2D eigenvalue weighted by atomic mass is 19.1. The first-order valence-corrected chi connectivity index (χ1v) is 5.34. The SMILES string of the molecule is CN[C@@H]1CCC[C@@H]1c1cc(F)cc(F)c1.[HH]. The molecule has 15 heavy (non-hydrogen) atoms. The Labute approximate surface area is 90.0 Å². The molecule has 0 unspecified atom stereocenters. The summed E-state index contributed by atoms with van der Waals surface area (Å²) in [4.78, 5) is 0. The van der Waals surface area contributed by atoms with E-state index in [2.05, 4.69) is 5.32 Å². The number of rotatable bonds is 2. The molecule has 0 aliphatic heterocycles. The molecule has 1 fully saturated rings. The van der Waals surface area contributed by atoms with Crippen molar-refractivity contribution in [2.45, 2.75) is 31.2 Å². The summed E-state index contributed by atoms with van der Waals surface area (Å²) in [5.74, 6) is -0.710. The molecule has 1 aliphatic rings. The number of likely N-dealkylation sites (N-methyl/N-ethyl adjacent to an activating group) is 1. The first-order chi connectivity index (χ1) is 7.20. The van der Waals surface area contributed by atoms with Gasteiger partial charge in [0.05, 0.1) is 0 Å². The molecule has 0 amide bonds. The monoisotopic (exact) mass is 213 g/mol. The van der Waals surface area contributed by atoms with Crippen molar-refractivity contribution in [3.63, 3.8) is 0 Å². The topological polar surface area (TPSA) is 12.0 Å². The van der Waals surface area contributed by atoms with E-state index in [4.69, 9.17) is 0 Å². The average molecular weight is 213 g/mol. The molecule has 1 aromatic carbocycles. The molecule has 1 saturated carbocycles. The second-order valence-electron chi connectivity index (χ2n) is 4.14. The molecule has 1 N–H and O–H groups in total. The third-order valence-corrected chi connectivity index (χ3v) is 3.20. The maximum atomic E-state index is 13.1. The Hall–Kier alpha value is -0.960. The van der Waals surface area contributed by atoms with Crippen molar-refractivity contribution in [1.82, 2.24) is 5.32 Å². The van der Waals surface area contributed by atoms with Gasteiger partial charge in [0.25, 0.3) is 0 Å². The summed E-state index contributed by atoms with van der Waals surface area (Å²) >= 11 is 0. The third-order valence-electron chi connectivity index (χ3n) is 3.20. The highest BCUT2D eigenvalue weighted by Gasteiger charge is 2.27. The lowest BCUT2D eigenvalue weighted by atomic mass is 9.94. The van der Waals surface area contributed by atoms with E-state index < -0.39 is 11.6 Å². The van der Waals surface area contributed by atoms with Gasteiger partial charge in [0, 0.05) is 13.5 Å². The van der Waals surface area contributed by atoms with Crippen LogP contribution >= 0.6 is 0 Å². The molecular weight excluding hydrogens is 196 g/mol. The van der Waals surface area contributed by atoms with Crippen molar-refractivity contribution in [1.29, 1.82) is 0 Å². The molecule has 1 nitrogen and oxygen atoms in total. The van der Waals surface area contributed by atoms with Gasteiger partial charge in [-0.1, -0.05) is 6.42 Å². The Morgan fingerprint density at radius 2 is 1.87 bits per heavy atom. The van der Waals surface area contributed by atoms with Gasteiger partial charge in [-0.25, -0.2) is 8.78 Å². The minimum absolute atomic E-state index is 0. The molecule has 0 aromatic heterocycles. The van der Waals surface area contributed by atoms with E-state index in [1.807, 2.05) is 7.05 Å². The van der Waals surface area contributed by atoms with Crippen LogP contribution in [0.2, 0.25) is 0 Å². The predicted molar refractivity (Wildman–Crippen MR) is 57.9 cm³/mol. The lowest BCUT2D eigenvalue weighted by Crippen LogP contribution is -2.27. The summed E-state index contributed by atoms with van der Waals surface area (Å²) in [6.07, 6.45) is 3.21. The Balaban J connectivity index is 0.00000128. The highest BCUT2D eigenvalue weighted by Crippen LogP contribution is 2.34. The van der Waals surface area contributed by atoms with Gasteiger partial charge in [0.15, 0.2) is 0 Å². The molecule has 0 spiro atoms. The van der Waals surface area contributed by atoms with Crippen molar-refractivity contribution in [2.75, 3.05) is 7.05 Å². The minimum atomic E-state index is -0.480. The molecule has 0 heterocycles. The average Bonchev–Trinajstić information content (AvgIpc) is 2.63. The predicted octanol–water partition coefficient (Wildman–Crippen LogP) is 3.07. The van der Waals surface area contributed by atoms with Gasteiger partial charge in [-0.3, -0.25) is 0 Å². The summed E-state index contributed by atoms with van der Waals surface area (Å²) in [6, 6.07) is 4.17. The normalized spacial score (nSPS) is 25.8. The number of hydrogen-bond acceptors (Lipinski definition) is 1. The van der Waals surface area contributed by atoms with Gasteiger partial charge >= 0.3 is 0 Å². The van der Waals surface area contributed by atoms with Crippen molar-refractivity contribution in [3.05, 3.63) is 35.4 Å². The summed E-state index contributed by atoms with van der Waals surface area (Å²) in [5, 5.41) is 3.21. The number of halogens is 2. The molecule has 2 atom stereocenters. The Morgan fingerprint density at radius 1 is 1.20 bits per heavy atom. The van der Waals surface area contributed by atoms with Crippen LogP contribution in [0.15, 0.2) is 18.2 Å². The zero-order valence-corrected chi connectivity index (χ0v) is 8.76. The van der Waals surface area contributed by atoms with Crippen LogP contribution in [0.5, 0.6) is 0 Å². The Bertz CT molecular complexity index is 337. The Kier molecular flexibility index (Phi) is 3.00. The van der Waals surface area contributed by atoms with E-state index in [1.54, 1.807) is 0 Å². The van der Waals surface area contributed by atoms with Crippen LogP contribution in [0.3, 0.4) is 0 Å². The number of benzene rings is 1. The van der Waals surface area contributed by atoms with Crippen LogP contribution < -0.4 is 5.32 Å². The highest BCUT2D eigenvalue weighted by molar-refractivity contribution is 5.24. The number of nitrogens with one attached hydrogen (secondary N) is 1. The molecule has 0 radical (unpaired) electrons. The van der Waals surface area contributed by atoms with Crippen LogP contribution in [-0.4, -0.2) is 13.1 Å². The van der Waals surface area contributed by atoms with Gasteiger partial charge in [-0.15, -0.1) is 0 Å². The maximum Gasteiger partial charge on any atom is 0.126 e. The second-order valence-corrected chi connectivity index (χ2v) is 4.14. The van der Waals surface area contributed by atoms with Gasteiger partial charge in [0.1, 0.15) is 11.6 Å². The van der Waals surface area contributed by atoms with E-state index in [0.717, 1.165) is 30.9 Å². The van der Waals surface area contributed by atoms with Gasteiger partial charge in [-0.2, -0.15) is 0 Å². The van der Waals surface area contributed by atoms with Crippen molar-refractivity contribution in [3.8, 4) is 0 Å². The Morgan fingerprint density at radius 3 is 2.47 bits per heavy atom. The smallest absolute Gasteiger partial charge is 0.126 e. The van der Waals surface area contributed by atoms with Crippen LogP contribution in [-0.2, 0) is 0 Å². The zero-order chi connectivity index (χ0) is 10.8. The molecule has 1 aromatic rings.